The van der Waals surface area contributed by atoms with Gasteiger partial charge >= 0.3 is 0 Å². The molecule has 0 radical (unpaired) electrons. The summed E-state index contributed by atoms with van der Waals surface area (Å²) in [6.45, 7) is 0. The molecule has 0 N–H and O–H groups in total. The first-order chi connectivity index (χ1) is 12.4. The molecule has 0 bridgehead atoms. The summed E-state index contributed by atoms with van der Waals surface area (Å²) in [5.41, 5.74) is 2.02. The summed E-state index contributed by atoms with van der Waals surface area (Å²) < 4.78 is 44.6. The van der Waals surface area contributed by atoms with Gasteiger partial charge in [-0.05, 0) is 47.5 Å². The topological polar surface area (TPSA) is 56.3 Å². The minimum Gasteiger partial charge on any atom is -0.495 e. The smallest absolute Gasteiger partial charge is 0.186 e. The lowest BCUT2D eigenvalue weighted by molar-refractivity contribution is 0.402. The Morgan fingerprint density at radius 1 is 1.04 bits per heavy atom. The van der Waals surface area contributed by atoms with E-state index in [9.17, 15) is 12.8 Å². The molecule has 1 aromatic heterocycles. The van der Waals surface area contributed by atoms with Gasteiger partial charge in [0.15, 0.2) is 9.84 Å². The van der Waals surface area contributed by atoms with Gasteiger partial charge in [-0.25, -0.2) is 12.8 Å². The van der Waals surface area contributed by atoms with Gasteiger partial charge in [0.1, 0.15) is 16.5 Å². The Labute approximate surface area is 159 Å². The van der Waals surface area contributed by atoms with Crippen molar-refractivity contribution in [2.45, 2.75) is 10.6 Å². The van der Waals surface area contributed by atoms with Crippen molar-refractivity contribution >= 4 is 25.8 Å². The molecule has 3 rings (SSSR count). The van der Waals surface area contributed by atoms with Crippen LogP contribution >= 0.6 is 15.9 Å². The minimum absolute atomic E-state index is 0.113. The van der Waals surface area contributed by atoms with Crippen LogP contribution in [-0.2, 0) is 15.6 Å². The van der Waals surface area contributed by atoms with Crippen LogP contribution in [0.2, 0.25) is 0 Å². The maximum atomic E-state index is 13.1. The first-order valence-electron chi connectivity index (χ1n) is 7.65. The van der Waals surface area contributed by atoms with Crippen molar-refractivity contribution in [1.29, 1.82) is 0 Å². The molecular formula is C19H15BrFNO3S. The zero-order chi connectivity index (χ0) is 18.7. The number of hydrogen-bond acceptors (Lipinski definition) is 4. The molecule has 3 aromatic rings. The molecule has 0 fully saturated rings. The molecule has 0 saturated carbocycles. The van der Waals surface area contributed by atoms with Crippen molar-refractivity contribution in [3.63, 3.8) is 0 Å². The average molecular weight is 436 g/mol. The summed E-state index contributed by atoms with van der Waals surface area (Å²) in [5.74, 6) is -0.264. The van der Waals surface area contributed by atoms with E-state index in [4.69, 9.17) is 4.74 Å². The van der Waals surface area contributed by atoms with Crippen LogP contribution in [0.15, 0.2) is 70.3 Å². The van der Waals surface area contributed by atoms with Crippen LogP contribution < -0.4 is 4.74 Å². The van der Waals surface area contributed by atoms with E-state index in [1.807, 2.05) is 0 Å². The van der Waals surface area contributed by atoms with Crippen LogP contribution in [0.3, 0.4) is 0 Å². The standard InChI is InChI=1S/C19H15BrFNO3S/c1-25-18-7-4-16(20)9-19(18)26(23,24)12-13-8-15(11-22-10-13)14-2-5-17(21)6-3-14/h2-11H,12H2,1H3. The predicted octanol–water partition coefficient (Wildman–Crippen LogP) is 4.63. The Kier molecular flexibility index (Phi) is 5.38. The van der Waals surface area contributed by atoms with Crippen LogP contribution in [0.1, 0.15) is 5.56 Å². The molecule has 0 unspecified atom stereocenters. The molecule has 0 aliphatic carbocycles. The van der Waals surface area contributed by atoms with Crippen LogP contribution in [0.5, 0.6) is 5.75 Å². The summed E-state index contributed by atoms with van der Waals surface area (Å²) in [5, 5.41) is 0. The number of nitrogens with zero attached hydrogens (tertiary/aromatic N) is 1. The second-order valence-corrected chi connectivity index (χ2v) is 8.52. The van der Waals surface area contributed by atoms with Crippen molar-refractivity contribution in [3.8, 4) is 16.9 Å². The van der Waals surface area contributed by atoms with Crippen molar-refractivity contribution < 1.29 is 17.5 Å². The molecule has 4 nitrogen and oxygen atoms in total. The Bertz CT molecular complexity index is 1040. The number of methoxy groups -OCH3 is 1. The van der Waals surface area contributed by atoms with Gasteiger partial charge < -0.3 is 4.74 Å². The third kappa shape index (κ3) is 4.11. The summed E-state index contributed by atoms with van der Waals surface area (Å²) in [6.07, 6.45) is 3.12. The summed E-state index contributed by atoms with van der Waals surface area (Å²) >= 11 is 3.29. The summed E-state index contributed by atoms with van der Waals surface area (Å²) in [4.78, 5) is 4.24. The van der Waals surface area contributed by atoms with Gasteiger partial charge in [-0.3, -0.25) is 4.98 Å². The van der Waals surface area contributed by atoms with Crippen LogP contribution in [0.4, 0.5) is 4.39 Å². The van der Waals surface area contributed by atoms with E-state index < -0.39 is 9.84 Å². The van der Waals surface area contributed by atoms with E-state index in [1.165, 1.54) is 31.5 Å². The number of halogens is 2. The minimum atomic E-state index is -3.64. The highest BCUT2D eigenvalue weighted by Crippen LogP contribution is 2.30. The van der Waals surface area contributed by atoms with E-state index >= 15 is 0 Å². The Morgan fingerprint density at radius 2 is 1.77 bits per heavy atom. The first kappa shape index (κ1) is 18.5. The highest BCUT2D eigenvalue weighted by atomic mass is 79.9. The number of pyridine rings is 1. The Morgan fingerprint density at radius 3 is 2.46 bits per heavy atom. The molecule has 1 heterocycles. The van der Waals surface area contributed by atoms with E-state index in [-0.39, 0.29) is 22.2 Å². The maximum Gasteiger partial charge on any atom is 0.186 e. The first-order valence-corrected chi connectivity index (χ1v) is 10.1. The van der Waals surface area contributed by atoms with Gasteiger partial charge in [0.2, 0.25) is 0 Å². The molecule has 0 amide bonds. The second-order valence-electron chi connectivity index (χ2n) is 5.64. The lowest BCUT2D eigenvalue weighted by Crippen LogP contribution is -2.07. The molecule has 0 aliphatic heterocycles. The molecule has 0 spiro atoms. The molecule has 26 heavy (non-hydrogen) atoms. The molecular weight excluding hydrogens is 421 g/mol. The number of benzene rings is 2. The van der Waals surface area contributed by atoms with Gasteiger partial charge in [0, 0.05) is 22.4 Å². The van der Waals surface area contributed by atoms with Gasteiger partial charge in [-0.15, -0.1) is 0 Å². The summed E-state index contributed by atoms with van der Waals surface area (Å²) in [7, 11) is -2.21. The molecule has 0 aliphatic rings. The quantitative estimate of drug-likeness (QED) is 0.585. The van der Waals surface area contributed by atoms with Gasteiger partial charge in [0.25, 0.3) is 0 Å². The normalized spacial score (nSPS) is 11.3. The number of aromatic nitrogens is 1. The van der Waals surface area contributed by atoms with Crippen LogP contribution in [0.25, 0.3) is 11.1 Å². The Balaban J connectivity index is 1.95. The van der Waals surface area contributed by atoms with E-state index in [2.05, 4.69) is 20.9 Å². The van der Waals surface area contributed by atoms with E-state index in [1.54, 1.807) is 36.5 Å². The second kappa shape index (κ2) is 7.55. The van der Waals surface area contributed by atoms with E-state index in [0.29, 0.717) is 10.0 Å². The maximum absolute atomic E-state index is 13.1. The van der Waals surface area contributed by atoms with Crippen molar-refractivity contribution in [3.05, 3.63) is 76.8 Å². The molecule has 2 aromatic carbocycles. The van der Waals surface area contributed by atoms with E-state index in [0.717, 1.165) is 11.1 Å². The fourth-order valence-corrected chi connectivity index (χ4v) is 4.59. The lowest BCUT2D eigenvalue weighted by atomic mass is 10.1. The monoisotopic (exact) mass is 435 g/mol. The van der Waals surface area contributed by atoms with Crippen LogP contribution in [0, 0.1) is 5.82 Å². The largest absolute Gasteiger partial charge is 0.495 e. The fourth-order valence-electron chi connectivity index (χ4n) is 2.56. The third-order valence-electron chi connectivity index (χ3n) is 3.79. The number of ether oxygens (including phenoxy) is 1. The van der Waals surface area contributed by atoms with Crippen molar-refractivity contribution in [2.75, 3.05) is 7.11 Å². The number of sulfone groups is 1. The van der Waals surface area contributed by atoms with Gasteiger partial charge in [-0.1, -0.05) is 28.1 Å². The Hall–Kier alpha value is -2.25. The highest BCUT2D eigenvalue weighted by Gasteiger charge is 2.21. The zero-order valence-corrected chi connectivity index (χ0v) is 16.2. The fraction of sp³-hybridized carbons (Fsp3) is 0.105. The third-order valence-corrected chi connectivity index (χ3v) is 5.99. The average Bonchev–Trinajstić information content (AvgIpc) is 2.62. The van der Waals surface area contributed by atoms with Crippen molar-refractivity contribution in [2.24, 2.45) is 0 Å². The van der Waals surface area contributed by atoms with Crippen molar-refractivity contribution in [1.82, 2.24) is 4.98 Å². The van der Waals surface area contributed by atoms with Gasteiger partial charge in [0.05, 0.1) is 12.9 Å². The molecule has 7 heteroatoms. The number of hydrogen-bond donors (Lipinski definition) is 0. The highest BCUT2D eigenvalue weighted by molar-refractivity contribution is 9.10. The van der Waals surface area contributed by atoms with Gasteiger partial charge in [-0.2, -0.15) is 0 Å². The summed E-state index contributed by atoms with van der Waals surface area (Å²) in [6, 6.07) is 12.5. The zero-order valence-electron chi connectivity index (χ0n) is 13.8. The van der Waals surface area contributed by atoms with Crippen LogP contribution in [-0.4, -0.2) is 20.5 Å². The SMILES string of the molecule is COc1ccc(Br)cc1S(=O)(=O)Cc1cncc(-c2ccc(F)cc2)c1. The number of rotatable bonds is 5. The molecule has 0 atom stereocenters. The molecule has 134 valence electrons. The molecule has 0 saturated heterocycles. The lowest BCUT2D eigenvalue weighted by Gasteiger charge is -2.11. The predicted molar refractivity (Wildman–Crippen MR) is 101 cm³/mol.